The quantitative estimate of drug-likeness (QED) is 0.853. The molecule has 0 aliphatic carbocycles. The number of carbonyl (C=O) groups excluding carboxylic acids is 2. The summed E-state index contributed by atoms with van der Waals surface area (Å²) in [4.78, 5) is 27.1. The number of rotatable bonds is 4. The molecule has 1 fully saturated rings. The Bertz CT molecular complexity index is 513. The van der Waals surface area contributed by atoms with Crippen LogP contribution in [0.5, 0.6) is 0 Å². The van der Waals surface area contributed by atoms with Crippen molar-refractivity contribution in [2.75, 3.05) is 19.6 Å². The van der Waals surface area contributed by atoms with Gasteiger partial charge < -0.3 is 9.80 Å². The molecule has 0 radical (unpaired) electrons. The predicted octanol–water partition coefficient (Wildman–Crippen LogP) is 2.19. The predicted molar refractivity (Wildman–Crippen MR) is 77.9 cm³/mol. The van der Waals surface area contributed by atoms with Gasteiger partial charge in [-0.3, -0.25) is 9.59 Å². The molecule has 5 heteroatoms. The van der Waals surface area contributed by atoms with Gasteiger partial charge in [0.25, 0.3) is 0 Å². The van der Waals surface area contributed by atoms with Crippen molar-refractivity contribution in [2.24, 2.45) is 0 Å². The molecule has 2 amide bonds. The minimum Gasteiger partial charge on any atom is -0.341 e. The number of likely N-dealkylation sites (tertiary alicyclic amines) is 1. The fourth-order valence-corrected chi connectivity index (χ4v) is 2.52. The molecular formula is C16H21FN2O2. The molecule has 0 spiro atoms. The molecule has 1 saturated heterocycles. The lowest BCUT2D eigenvalue weighted by molar-refractivity contribution is -0.140. The molecule has 0 bridgehead atoms. The van der Waals surface area contributed by atoms with Gasteiger partial charge in [-0.1, -0.05) is 18.2 Å². The number of hydrogen-bond donors (Lipinski definition) is 0. The zero-order valence-corrected chi connectivity index (χ0v) is 12.3. The minimum atomic E-state index is -0.353. The van der Waals surface area contributed by atoms with Crippen molar-refractivity contribution in [2.45, 2.75) is 32.7 Å². The number of amides is 2. The average molecular weight is 292 g/mol. The van der Waals surface area contributed by atoms with Gasteiger partial charge in [0.05, 0.1) is 0 Å². The smallest absolute Gasteiger partial charge is 0.242 e. The summed E-state index contributed by atoms with van der Waals surface area (Å²) in [5, 5.41) is 0. The fraction of sp³-hybridized carbons (Fsp3) is 0.500. The van der Waals surface area contributed by atoms with E-state index in [1.165, 1.54) is 17.9 Å². The molecule has 114 valence electrons. The second kappa shape index (κ2) is 7.20. The zero-order chi connectivity index (χ0) is 15.2. The Labute approximate surface area is 124 Å². The monoisotopic (exact) mass is 292 g/mol. The van der Waals surface area contributed by atoms with Crippen LogP contribution in [0.4, 0.5) is 4.39 Å². The van der Waals surface area contributed by atoms with Gasteiger partial charge in [-0.25, -0.2) is 4.39 Å². The average Bonchev–Trinajstić information content (AvgIpc) is 2.49. The van der Waals surface area contributed by atoms with Crippen LogP contribution in [0.2, 0.25) is 0 Å². The molecule has 4 nitrogen and oxygen atoms in total. The lowest BCUT2D eigenvalue weighted by Crippen LogP contribution is -2.44. The van der Waals surface area contributed by atoms with Crippen molar-refractivity contribution >= 4 is 11.8 Å². The zero-order valence-electron chi connectivity index (χ0n) is 12.3. The van der Waals surface area contributed by atoms with Gasteiger partial charge in [-0.15, -0.1) is 0 Å². The number of benzene rings is 1. The molecule has 21 heavy (non-hydrogen) atoms. The van der Waals surface area contributed by atoms with Crippen LogP contribution in [0.3, 0.4) is 0 Å². The number of piperidine rings is 1. The van der Waals surface area contributed by atoms with Gasteiger partial charge >= 0.3 is 0 Å². The highest BCUT2D eigenvalue weighted by Crippen LogP contribution is 2.12. The molecule has 0 aromatic heterocycles. The van der Waals surface area contributed by atoms with Crippen LogP contribution < -0.4 is 0 Å². The van der Waals surface area contributed by atoms with Crippen LogP contribution in [0.25, 0.3) is 0 Å². The summed E-state index contributed by atoms with van der Waals surface area (Å²) in [6.07, 6.45) is 3.17. The molecule has 0 atom stereocenters. The molecule has 1 aliphatic heterocycles. The van der Waals surface area contributed by atoms with E-state index in [-0.39, 0.29) is 30.7 Å². The van der Waals surface area contributed by atoms with Crippen molar-refractivity contribution < 1.29 is 14.0 Å². The van der Waals surface area contributed by atoms with Gasteiger partial charge in [0.15, 0.2) is 0 Å². The molecule has 0 unspecified atom stereocenters. The third-order valence-electron chi connectivity index (χ3n) is 3.80. The van der Waals surface area contributed by atoms with Crippen molar-refractivity contribution in [3.63, 3.8) is 0 Å². The Kier molecular flexibility index (Phi) is 5.31. The summed E-state index contributed by atoms with van der Waals surface area (Å²) < 4.78 is 13.7. The highest BCUT2D eigenvalue weighted by Gasteiger charge is 2.21. The third-order valence-corrected chi connectivity index (χ3v) is 3.80. The molecule has 1 aliphatic rings. The molecule has 1 heterocycles. The Morgan fingerprint density at radius 1 is 1.19 bits per heavy atom. The van der Waals surface area contributed by atoms with Crippen LogP contribution in [0.15, 0.2) is 24.3 Å². The van der Waals surface area contributed by atoms with Gasteiger partial charge in [-0.05, 0) is 25.3 Å². The number of hydrogen-bond acceptors (Lipinski definition) is 2. The topological polar surface area (TPSA) is 40.6 Å². The van der Waals surface area contributed by atoms with E-state index in [0.29, 0.717) is 5.56 Å². The standard InChI is InChI=1S/C16H21FN2O2/c1-13(20)19(11-14-7-3-4-8-15(14)17)12-16(21)18-9-5-2-6-10-18/h3-4,7-8H,2,5-6,9-12H2,1H3. The Morgan fingerprint density at radius 3 is 2.48 bits per heavy atom. The van der Waals surface area contributed by atoms with Gasteiger partial charge in [0, 0.05) is 32.1 Å². The third kappa shape index (κ3) is 4.28. The van der Waals surface area contributed by atoms with Gasteiger partial charge in [-0.2, -0.15) is 0 Å². The number of carbonyl (C=O) groups is 2. The lowest BCUT2D eigenvalue weighted by atomic mass is 10.1. The maximum atomic E-state index is 13.7. The molecule has 2 rings (SSSR count). The summed E-state index contributed by atoms with van der Waals surface area (Å²) in [6.45, 7) is 3.06. The molecular weight excluding hydrogens is 271 g/mol. The van der Waals surface area contributed by atoms with E-state index in [1.807, 2.05) is 0 Å². The van der Waals surface area contributed by atoms with E-state index in [9.17, 15) is 14.0 Å². The first kappa shape index (κ1) is 15.5. The van der Waals surface area contributed by atoms with Gasteiger partial charge in [0.2, 0.25) is 11.8 Å². The van der Waals surface area contributed by atoms with Crippen molar-refractivity contribution in [1.82, 2.24) is 9.80 Å². The van der Waals surface area contributed by atoms with Crippen LogP contribution >= 0.6 is 0 Å². The van der Waals surface area contributed by atoms with E-state index < -0.39 is 0 Å². The van der Waals surface area contributed by atoms with E-state index >= 15 is 0 Å². The highest BCUT2D eigenvalue weighted by atomic mass is 19.1. The van der Waals surface area contributed by atoms with Crippen molar-refractivity contribution in [1.29, 1.82) is 0 Å². The number of halogens is 1. The first-order chi connectivity index (χ1) is 10.1. The lowest BCUT2D eigenvalue weighted by Gasteiger charge is -2.29. The summed E-state index contributed by atoms with van der Waals surface area (Å²) in [6, 6.07) is 6.33. The van der Waals surface area contributed by atoms with Crippen LogP contribution in [0, 0.1) is 5.82 Å². The molecule has 1 aromatic carbocycles. The second-order valence-electron chi connectivity index (χ2n) is 5.41. The van der Waals surface area contributed by atoms with Crippen LogP contribution in [-0.2, 0) is 16.1 Å². The van der Waals surface area contributed by atoms with Crippen LogP contribution in [-0.4, -0.2) is 41.2 Å². The van der Waals surface area contributed by atoms with E-state index in [0.717, 1.165) is 32.4 Å². The Hall–Kier alpha value is -1.91. The summed E-state index contributed by atoms with van der Waals surface area (Å²) >= 11 is 0. The van der Waals surface area contributed by atoms with E-state index in [2.05, 4.69) is 0 Å². The first-order valence-electron chi connectivity index (χ1n) is 7.34. The number of nitrogens with zero attached hydrogens (tertiary/aromatic N) is 2. The molecule has 1 aromatic rings. The maximum absolute atomic E-state index is 13.7. The molecule has 0 N–H and O–H groups in total. The maximum Gasteiger partial charge on any atom is 0.242 e. The van der Waals surface area contributed by atoms with Crippen molar-refractivity contribution in [3.05, 3.63) is 35.6 Å². The van der Waals surface area contributed by atoms with E-state index in [1.54, 1.807) is 23.1 Å². The SMILES string of the molecule is CC(=O)N(CC(=O)N1CCCCC1)Cc1ccccc1F. The van der Waals surface area contributed by atoms with Crippen molar-refractivity contribution in [3.8, 4) is 0 Å². The van der Waals surface area contributed by atoms with E-state index in [4.69, 9.17) is 0 Å². The Morgan fingerprint density at radius 2 is 1.86 bits per heavy atom. The normalized spacial score (nSPS) is 14.9. The first-order valence-corrected chi connectivity index (χ1v) is 7.34. The Balaban J connectivity index is 2.00. The summed E-state index contributed by atoms with van der Waals surface area (Å²) in [7, 11) is 0. The van der Waals surface area contributed by atoms with Gasteiger partial charge in [0.1, 0.15) is 12.4 Å². The summed E-state index contributed by atoms with van der Waals surface area (Å²) in [5.74, 6) is -0.626. The second-order valence-corrected chi connectivity index (χ2v) is 5.41. The largest absolute Gasteiger partial charge is 0.341 e. The fourth-order valence-electron chi connectivity index (χ4n) is 2.52. The summed E-state index contributed by atoms with van der Waals surface area (Å²) in [5.41, 5.74) is 0.430. The van der Waals surface area contributed by atoms with Crippen LogP contribution in [0.1, 0.15) is 31.7 Å². The highest BCUT2D eigenvalue weighted by molar-refractivity contribution is 5.83. The molecule has 0 saturated carbocycles. The minimum absolute atomic E-state index is 0.0175.